The summed E-state index contributed by atoms with van der Waals surface area (Å²) in [4.78, 5) is 13.4. The highest BCUT2D eigenvalue weighted by Crippen LogP contribution is 2.10. The van der Waals surface area contributed by atoms with Gasteiger partial charge in [0.2, 0.25) is 5.91 Å². The molecule has 82 valence electrons. The first-order valence-electron chi connectivity index (χ1n) is 5.14. The third-order valence-corrected chi connectivity index (χ3v) is 2.20. The van der Waals surface area contributed by atoms with Crippen LogP contribution < -0.4 is 0 Å². The second kappa shape index (κ2) is 5.32. The van der Waals surface area contributed by atoms with E-state index < -0.39 is 0 Å². The molecule has 0 N–H and O–H groups in total. The van der Waals surface area contributed by atoms with Gasteiger partial charge in [-0.2, -0.15) is 0 Å². The largest absolute Gasteiger partial charge is 0.372 e. The molecule has 1 saturated heterocycles. The maximum atomic E-state index is 11.6. The van der Waals surface area contributed by atoms with E-state index in [2.05, 4.69) is 0 Å². The van der Waals surface area contributed by atoms with Crippen molar-refractivity contribution in [1.29, 1.82) is 0 Å². The molecule has 1 aliphatic heterocycles. The summed E-state index contributed by atoms with van der Waals surface area (Å²) in [6, 6.07) is 0. The number of ether oxygens (including phenoxy) is 2. The van der Waals surface area contributed by atoms with E-state index in [4.69, 9.17) is 9.47 Å². The fourth-order valence-corrected chi connectivity index (χ4v) is 1.66. The number of carbonyl (C=O) groups is 1. The van der Waals surface area contributed by atoms with E-state index in [0.29, 0.717) is 19.7 Å². The molecule has 0 aliphatic carbocycles. The summed E-state index contributed by atoms with van der Waals surface area (Å²) in [5.41, 5.74) is 0. The lowest BCUT2D eigenvalue weighted by Crippen LogP contribution is -2.49. The van der Waals surface area contributed by atoms with Crippen LogP contribution in [0.3, 0.4) is 0 Å². The van der Waals surface area contributed by atoms with Crippen LogP contribution in [0.15, 0.2) is 0 Å². The first-order chi connectivity index (χ1) is 6.63. The monoisotopic (exact) mass is 201 g/mol. The molecule has 2 atom stereocenters. The fraction of sp³-hybridized carbons (Fsp3) is 0.900. The van der Waals surface area contributed by atoms with Gasteiger partial charge in [0, 0.05) is 19.7 Å². The van der Waals surface area contributed by atoms with Crippen LogP contribution >= 0.6 is 0 Å². The Hall–Kier alpha value is -0.610. The van der Waals surface area contributed by atoms with Gasteiger partial charge in [0.1, 0.15) is 6.61 Å². The lowest BCUT2D eigenvalue weighted by atomic mass is 10.2. The standard InChI is InChI=1S/C10H19NO3/c1-4-13-7-10(12)11-5-8(2)14-9(3)6-11/h8-9H,4-7H2,1-3H3. The molecule has 1 amide bonds. The zero-order valence-electron chi connectivity index (χ0n) is 9.16. The minimum Gasteiger partial charge on any atom is -0.372 e. The van der Waals surface area contributed by atoms with Gasteiger partial charge in [-0.15, -0.1) is 0 Å². The summed E-state index contributed by atoms with van der Waals surface area (Å²) < 4.78 is 10.6. The third-order valence-electron chi connectivity index (χ3n) is 2.20. The third kappa shape index (κ3) is 3.27. The van der Waals surface area contributed by atoms with Crippen LogP contribution in [-0.4, -0.2) is 49.3 Å². The summed E-state index contributed by atoms with van der Waals surface area (Å²) in [6.07, 6.45) is 0.258. The lowest BCUT2D eigenvalue weighted by molar-refractivity contribution is -0.147. The summed E-state index contributed by atoms with van der Waals surface area (Å²) >= 11 is 0. The Morgan fingerprint density at radius 2 is 2.00 bits per heavy atom. The molecule has 1 fully saturated rings. The Kier molecular flexibility index (Phi) is 4.35. The van der Waals surface area contributed by atoms with Crippen molar-refractivity contribution in [1.82, 2.24) is 4.90 Å². The highest BCUT2D eigenvalue weighted by atomic mass is 16.5. The molecule has 1 rings (SSSR count). The minimum absolute atomic E-state index is 0.0638. The minimum atomic E-state index is 0.0638. The number of nitrogens with zero attached hydrogens (tertiary/aromatic N) is 1. The average molecular weight is 201 g/mol. The average Bonchev–Trinajstić information content (AvgIpc) is 2.12. The first kappa shape index (κ1) is 11.5. The number of carbonyl (C=O) groups excluding carboxylic acids is 1. The fourth-order valence-electron chi connectivity index (χ4n) is 1.66. The van der Waals surface area contributed by atoms with Gasteiger partial charge in [-0.25, -0.2) is 0 Å². The van der Waals surface area contributed by atoms with E-state index in [9.17, 15) is 4.79 Å². The van der Waals surface area contributed by atoms with Crippen molar-refractivity contribution in [3.05, 3.63) is 0 Å². The maximum absolute atomic E-state index is 11.6. The Morgan fingerprint density at radius 1 is 1.43 bits per heavy atom. The van der Waals surface area contributed by atoms with Gasteiger partial charge < -0.3 is 14.4 Å². The Balaban J connectivity index is 2.38. The quantitative estimate of drug-likeness (QED) is 0.673. The van der Waals surface area contributed by atoms with E-state index >= 15 is 0 Å². The number of hydrogen-bond donors (Lipinski definition) is 0. The van der Waals surface area contributed by atoms with Crippen molar-refractivity contribution in [2.45, 2.75) is 33.0 Å². The second-order valence-corrected chi connectivity index (χ2v) is 3.69. The molecular weight excluding hydrogens is 182 g/mol. The molecule has 2 unspecified atom stereocenters. The Morgan fingerprint density at radius 3 is 2.50 bits per heavy atom. The molecule has 0 aromatic heterocycles. The molecule has 4 nitrogen and oxygen atoms in total. The van der Waals surface area contributed by atoms with Crippen molar-refractivity contribution in [3.8, 4) is 0 Å². The van der Waals surface area contributed by atoms with Crippen molar-refractivity contribution in [2.24, 2.45) is 0 Å². The van der Waals surface area contributed by atoms with Gasteiger partial charge in [-0.05, 0) is 20.8 Å². The molecule has 1 heterocycles. The van der Waals surface area contributed by atoms with E-state index in [1.807, 2.05) is 25.7 Å². The topological polar surface area (TPSA) is 38.8 Å². The van der Waals surface area contributed by atoms with Crippen molar-refractivity contribution in [3.63, 3.8) is 0 Å². The summed E-state index contributed by atoms with van der Waals surface area (Å²) in [5, 5.41) is 0. The molecule has 0 aromatic rings. The van der Waals surface area contributed by atoms with Crippen LogP contribution in [0.25, 0.3) is 0 Å². The molecule has 4 heteroatoms. The van der Waals surface area contributed by atoms with Crippen molar-refractivity contribution in [2.75, 3.05) is 26.3 Å². The molecule has 1 aliphatic rings. The molecule has 0 spiro atoms. The summed E-state index contributed by atoms with van der Waals surface area (Å²) in [5.74, 6) is 0.0638. The second-order valence-electron chi connectivity index (χ2n) is 3.69. The van der Waals surface area contributed by atoms with Crippen LogP contribution in [0.2, 0.25) is 0 Å². The van der Waals surface area contributed by atoms with Gasteiger partial charge in [0.25, 0.3) is 0 Å². The number of morpholine rings is 1. The molecule has 0 saturated carbocycles. The van der Waals surface area contributed by atoms with Gasteiger partial charge in [-0.3, -0.25) is 4.79 Å². The molecule has 14 heavy (non-hydrogen) atoms. The predicted molar refractivity (Wildman–Crippen MR) is 53.1 cm³/mol. The van der Waals surface area contributed by atoms with E-state index in [1.165, 1.54) is 0 Å². The maximum Gasteiger partial charge on any atom is 0.248 e. The molecular formula is C10H19NO3. The number of hydrogen-bond acceptors (Lipinski definition) is 3. The van der Waals surface area contributed by atoms with Crippen LogP contribution in [0, 0.1) is 0 Å². The molecule has 0 aromatic carbocycles. The van der Waals surface area contributed by atoms with Gasteiger partial charge in [0.15, 0.2) is 0 Å². The van der Waals surface area contributed by atoms with E-state index in [0.717, 1.165) is 0 Å². The summed E-state index contributed by atoms with van der Waals surface area (Å²) in [7, 11) is 0. The van der Waals surface area contributed by atoms with E-state index in [1.54, 1.807) is 0 Å². The Labute approximate surface area is 85.2 Å². The number of amides is 1. The van der Waals surface area contributed by atoms with E-state index in [-0.39, 0.29) is 24.7 Å². The normalized spacial score (nSPS) is 27.8. The van der Waals surface area contributed by atoms with Crippen LogP contribution in [-0.2, 0) is 14.3 Å². The van der Waals surface area contributed by atoms with Crippen LogP contribution in [0.1, 0.15) is 20.8 Å². The smallest absolute Gasteiger partial charge is 0.248 e. The van der Waals surface area contributed by atoms with Crippen LogP contribution in [0.4, 0.5) is 0 Å². The Bertz CT molecular complexity index is 186. The number of rotatable bonds is 3. The first-order valence-corrected chi connectivity index (χ1v) is 5.14. The SMILES string of the molecule is CCOCC(=O)N1CC(C)OC(C)C1. The zero-order chi connectivity index (χ0) is 10.6. The van der Waals surface area contributed by atoms with Crippen LogP contribution in [0.5, 0.6) is 0 Å². The predicted octanol–water partition coefficient (Wildman–Crippen LogP) is 0.659. The van der Waals surface area contributed by atoms with Gasteiger partial charge >= 0.3 is 0 Å². The van der Waals surface area contributed by atoms with Gasteiger partial charge in [0.05, 0.1) is 12.2 Å². The van der Waals surface area contributed by atoms with Crippen molar-refractivity contribution >= 4 is 5.91 Å². The zero-order valence-corrected chi connectivity index (χ0v) is 9.16. The lowest BCUT2D eigenvalue weighted by Gasteiger charge is -2.35. The van der Waals surface area contributed by atoms with Gasteiger partial charge in [-0.1, -0.05) is 0 Å². The highest BCUT2D eigenvalue weighted by molar-refractivity contribution is 5.77. The molecule has 0 radical (unpaired) electrons. The summed E-state index contributed by atoms with van der Waals surface area (Å²) in [6.45, 7) is 7.98. The highest BCUT2D eigenvalue weighted by Gasteiger charge is 2.25. The van der Waals surface area contributed by atoms with Crippen molar-refractivity contribution < 1.29 is 14.3 Å². The molecule has 0 bridgehead atoms.